The second-order valence-corrected chi connectivity index (χ2v) is 20.6. The number of allylic oxidation sites excluding steroid dienone is 1. The first-order valence-electron chi connectivity index (χ1n) is 10.9. The highest BCUT2D eigenvalue weighted by Gasteiger charge is 2.55. The van der Waals surface area contributed by atoms with Crippen LogP contribution in [0.15, 0.2) is 104 Å². The highest BCUT2D eigenvalue weighted by molar-refractivity contribution is 7.01. The van der Waals surface area contributed by atoms with E-state index in [2.05, 4.69) is 62.6 Å². The van der Waals surface area contributed by atoms with Gasteiger partial charge in [0, 0.05) is 6.04 Å². The molecule has 0 aliphatic carbocycles. The lowest BCUT2D eigenvalue weighted by Crippen LogP contribution is -2.73. The van der Waals surface area contributed by atoms with Gasteiger partial charge in [-0.25, -0.2) is 0 Å². The molecule has 3 aromatic carbocycles. The standard InChI is InChI=1S/C24H30O4Si4/c1-5-21-29-25-30(2,22-15-9-6-10-16-22)27-32(4,24-19-13-8-14-20-24)28-31(3,26-29)23-17-11-7-12-18-23/h5-20,29H,1,21H2,2-4H3. The van der Waals surface area contributed by atoms with Crippen LogP contribution in [0.25, 0.3) is 0 Å². The average molecular weight is 495 g/mol. The second kappa shape index (κ2) is 9.54. The first-order valence-corrected chi connectivity index (χ1v) is 19.6. The van der Waals surface area contributed by atoms with E-state index in [4.69, 9.17) is 16.5 Å². The summed E-state index contributed by atoms with van der Waals surface area (Å²) in [5.74, 6) is 0. The van der Waals surface area contributed by atoms with Crippen LogP contribution in [0.1, 0.15) is 0 Å². The molecular formula is C24H30O4Si4. The van der Waals surface area contributed by atoms with Crippen molar-refractivity contribution in [3.8, 4) is 0 Å². The first-order chi connectivity index (χ1) is 15.4. The van der Waals surface area contributed by atoms with Crippen molar-refractivity contribution in [2.45, 2.75) is 25.7 Å². The van der Waals surface area contributed by atoms with Crippen molar-refractivity contribution >= 4 is 50.5 Å². The van der Waals surface area contributed by atoms with Gasteiger partial charge in [0.25, 0.3) is 0 Å². The van der Waals surface area contributed by atoms with Gasteiger partial charge in [0.05, 0.1) is 0 Å². The van der Waals surface area contributed by atoms with Gasteiger partial charge >= 0.3 is 35.0 Å². The maximum atomic E-state index is 7.12. The quantitative estimate of drug-likeness (QED) is 0.402. The minimum atomic E-state index is -2.91. The van der Waals surface area contributed by atoms with Gasteiger partial charge in [-0.2, -0.15) is 0 Å². The molecule has 0 saturated carbocycles. The Balaban J connectivity index is 1.85. The van der Waals surface area contributed by atoms with Crippen molar-refractivity contribution in [1.82, 2.24) is 0 Å². The third-order valence-corrected chi connectivity index (χ3v) is 22.5. The molecule has 0 amide bonds. The van der Waals surface area contributed by atoms with Crippen LogP contribution in [0, 0.1) is 0 Å². The molecule has 4 rings (SSSR count). The van der Waals surface area contributed by atoms with Crippen LogP contribution in [0.5, 0.6) is 0 Å². The van der Waals surface area contributed by atoms with E-state index in [-0.39, 0.29) is 0 Å². The van der Waals surface area contributed by atoms with Gasteiger partial charge in [0.15, 0.2) is 0 Å². The summed E-state index contributed by atoms with van der Waals surface area (Å²) >= 11 is 0. The van der Waals surface area contributed by atoms with Crippen molar-refractivity contribution in [2.24, 2.45) is 0 Å². The van der Waals surface area contributed by atoms with Crippen LogP contribution in [0.3, 0.4) is 0 Å². The summed E-state index contributed by atoms with van der Waals surface area (Å²) in [6, 6.07) is 31.6. The lowest BCUT2D eigenvalue weighted by molar-refractivity contribution is 0.261. The molecule has 2 unspecified atom stereocenters. The lowest BCUT2D eigenvalue weighted by Gasteiger charge is -2.47. The van der Waals surface area contributed by atoms with E-state index in [1.807, 2.05) is 60.7 Å². The molecule has 32 heavy (non-hydrogen) atoms. The summed E-state index contributed by atoms with van der Waals surface area (Å²) in [5.41, 5.74) is 0. The monoisotopic (exact) mass is 494 g/mol. The molecule has 1 aliphatic heterocycles. The van der Waals surface area contributed by atoms with E-state index in [0.717, 1.165) is 15.6 Å². The Labute approximate surface area is 196 Å². The van der Waals surface area contributed by atoms with Crippen molar-refractivity contribution in [3.05, 3.63) is 104 Å². The summed E-state index contributed by atoms with van der Waals surface area (Å²) < 4.78 is 28.0. The van der Waals surface area contributed by atoms with Gasteiger partial charge in [-0.3, -0.25) is 0 Å². The van der Waals surface area contributed by atoms with Gasteiger partial charge in [-0.1, -0.05) is 97.1 Å². The Morgan fingerprint density at radius 1 is 0.625 bits per heavy atom. The highest BCUT2D eigenvalue weighted by atomic mass is 28.5. The smallest absolute Gasteiger partial charge is 0.352 e. The Morgan fingerprint density at radius 3 is 1.31 bits per heavy atom. The largest absolute Gasteiger partial charge is 0.414 e. The molecule has 0 N–H and O–H groups in total. The second-order valence-electron chi connectivity index (χ2n) is 8.33. The molecular weight excluding hydrogens is 465 g/mol. The molecule has 8 heteroatoms. The summed E-state index contributed by atoms with van der Waals surface area (Å²) in [5, 5.41) is 3.27. The fourth-order valence-corrected chi connectivity index (χ4v) is 23.0. The molecule has 1 fully saturated rings. The topological polar surface area (TPSA) is 36.9 Å². The molecule has 0 bridgehead atoms. The zero-order chi connectivity index (χ0) is 22.7. The SMILES string of the molecule is C=CC[SiH]1O[Si](C)(c2ccccc2)O[Si](C)(c2ccccc2)O[Si](C)(c2ccccc2)O1. The molecule has 3 aromatic rings. The summed E-state index contributed by atoms with van der Waals surface area (Å²) in [6.45, 7) is 10.3. The molecule has 0 aromatic heterocycles. The third-order valence-electron chi connectivity index (χ3n) is 5.75. The normalized spacial score (nSPS) is 30.8. The van der Waals surface area contributed by atoms with E-state index >= 15 is 0 Å². The van der Waals surface area contributed by atoms with Gasteiger partial charge < -0.3 is 16.5 Å². The van der Waals surface area contributed by atoms with Crippen molar-refractivity contribution in [1.29, 1.82) is 0 Å². The maximum absolute atomic E-state index is 7.12. The van der Waals surface area contributed by atoms with Gasteiger partial charge in [-0.15, -0.1) is 6.58 Å². The Hall–Kier alpha value is -1.89. The van der Waals surface area contributed by atoms with Crippen LogP contribution < -0.4 is 15.6 Å². The molecule has 1 aliphatic rings. The number of hydrogen-bond donors (Lipinski definition) is 0. The van der Waals surface area contributed by atoms with Crippen LogP contribution >= 0.6 is 0 Å². The molecule has 0 spiro atoms. The van der Waals surface area contributed by atoms with Crippen molar-refractivity contribution in [2.75, 3.05) is 0 Å². The molecule has 166 valence electrons. The van der Waals surface area contributed by atoms with Gasteiger partial charge in [0.2, 0.25) is 0 Å². The predicted molar refractivity (Wildman–Crippen MR) is 140 cm³/mol. The Morgan fingerprint density at radius 2 is 0.969 bits per heavy atom. The number of hydrogen-bond acceptors (Lipinski definition) is 4. The summed E-state index contributed by atoms with van der Waals surface area (Å²) in [6.07, 6.45) is 1.89. The zero-order valence-corrected chi connectivity index (χ0v) is 23.0. The number of rotatable bonds is 5. The zero-order valence-electron chi connectivity index (χ0n) is 18.9. The molecule has 1 heterocycles. The lowest BCUT2D eigenvalue weighted by atomic mass is 10.4. The Bertz CT molecular complexity index is 980. The Kier molecular flexibility index (Phi) is 6.93. The van der Waals surface area contributed by atoms with Gasteiger partial charge in [0.1, 0.15) is 0 Å². The first kappa shape index (κ1) is 23.3. The van der Waals surface area contributed by atoms with Crippen LogP contribution in [-0.2, 0) is 16.5 Å². The number of benzene rings is 3. The predicted octanol–water partition coefficient (Wildman–Crippen LogP) is 3.41. The minimum Gasteiger partial charge on any atom is -0.414 e. The van der Waals surface area contributed by atoms with E-state index in [1.165, 1.54) is 0 Å². The molecule has 1 saturated heterocycles. The fraction of sp³-hybridized carbons (Fsp3) is 0.167. The van der Waals surface area contributed by atoms with E-state index in [1.54, 1.807) is 0 Å². The maximum Gasteiger partial charge on any atom is 0.352 e. The molecule has 2 atom stereocenters. The van der Waals surface area contributed by atoms with Gasteiger partial charge in [-0.05, 0) is 35.2 Å². The van der Waals surface area contributed by atoms with Crippen LogP contribution in [0.4, 0.5) is 0 Å². The summed E-state index contributed by atoms with van der Waals surface area (Å²) in [4.78, 5) is 0. The highest BCUT2D eigenvalue weighted by Crippen LogP contribution is 2.28. The average Bonchev–Trinajstić information content (AvgIpc) is 2.80. The molecule has 4 nitrogen and oxygen atoms in total. The summed E-state index contributed by atoms with van der Waals surface area (Å²) in [7, 11) is -10.7. The molecule has 0 radical (unpaired) electrons. The van der Waals surface area contributed by atoms with E-state index in [9.17, 15) is 0 Å². The minimum absolute atomic E-state index is 0.696. The van der Waals surface area contributed by atoms with E-state index in [0.29, 0.717) is 6.04 Å². The van der Waals surface area contributed by atoms with E-state index < -0.39 is 35.0 Å². The fourth-order valence-electron chi connectivity index (χ4n) is 4.16. The van der Waals surface area contributed by atoms with Crippen molar-refractivity contribution < 1.29 is 16.5 Å². The third kappa shape index (κ3) is 4.87. The van der Waals surface area contributed by atoms with Crippen LogP contribution in [-0.4, -0.2) is 35.0 Å². The van der Waals surface area contributed by atoms with Crippen molar-refractivity contribution in [3.63, 3.8) is 0 Å². The van der Waals surface area contributed by atoms with Crippen LogP contribution in [0.2, 0.25) is 25.7 Å².